The van der Waals surface area contributed by atoms with Crippen LogP contribution in [0, 0.1) is 0 Å². The van der Waals surface area contributed by atoms with E-state index in [-0.39, 0.29) is 29.9 Å². The van der Waals surface area contributed by atoms with Gasteiger partial charge in [0.2, 0.25) is 0 Å². The molecular formula is C25H27Cl2N7O2. The maximum absolute atomic E-state index is 13.8. The molecule has 1 aromatic carbocycles. The van der Waals surface area contributed by atoms with Crippen LogP contribution in [-0.2, 0) is 13.0 Å². The lowest BCUT2D eigenvalue weighted by Crippen LogP contribution is -2.45. The number of carbonyl (C=O) groups excluding carboxylic acids is 2. The highest BCUT2D eigenvalue weighted by Gasteiger charge is 2.40. The van der Waals surface area contributed by atoms with E-state index in [4.69, 9.17) is 34.1 Å². The van der Waals surface area contributed by atoms with E-state index in [1.54, 1.807) is 35.4 Å². The van der Waals surface area contributed by atoms with E-state index in [0.717, 1.165) is 16.8 Å². The molecule has 3 atom stereocenters. The molecule has 2 aliphatic heterocycles. The van der Waals surface area contributed by atoms with Crippen LogP contribution < -0.4 is 11.3 Å². The van der Waals surface area contributed by atoms with Crippen molar-refractivity contribution in [1.29, 1.82) is 0 Å². The summed E-state index contributed by atoms with van der Waals surface area (Å²) in [5.41, 5.74) is 6.09. The molecule has 2 amide bonds. The summed E-state index contributed by atoms with van der Waals surface area (Å²) >= 11 is 12.2. The number of nitrogens with one attached hydrogen (secondary N) is 1. The first-order valence-corrected chi connectivity index (χ1v) is 12.5. The van der Waals surface area contributed by atoms with E-state index >= 15 is 0 Å². The summed E-state index contributed by atoms with van der Waals surface area (Å²) in [6.07, 6.45) is 2.29. The molecular weight excluding hydrogens is 501 g/mol. The maximum atomic E-state index is 13.8. The lowest BCUT2D eigenvalue weighted by molar-refractivity contribution is 0.0574. The van der Waals surface area contributed by atoms with Crippen molar-refractivity contribution < 1.29 is 9.59 Å². The summed E-state index contributed by atoms with van der Waals surface area (Å²) in [4.78, 5) is 35.1. The molecule has 1 unspecified atom stereocenters. The van der Waals surface area contributed by atoms with E-state index in [2.05, 4.69) is 17.3 Å². The van der Waals surface area contributed by atoms with Gasteiger partial charge in [0.1, 0.15) is 11.5 Å². The standard InChI is InChI=1S/C25H27Cl2N7O2/c1-13-8-21-18(12-32(13)24(35)16-4-6-19(26)20(27)9-16)23-25(36)33(11-14(2)34(23)31-21)15(3)17-5-7-22(30-28)29-10-17/h4-7,9-10,13-15H,8,11-12,28H2,1-3H3,(H,29,30)/t13-,14-,15?/m1/s1. The van der Waals surface area contributed by atoms with Crippen LogP contribution in [0.1, 0.15) is 70.5 Å². The molecule has 0 bridgehead atoms. The van der Waals surface area contributed by atoms with Crippen LogP contribution in [0.3, 0.4) is 0 Å². The Morgan fingerprint density at radius 1 is 1.17 bits per heavy atom. The third-order valence-electron chi connectivity index (χ3n) is 7.09. The Morgan fingerprint density at radius 3 is 2.61 bits per heavy atom. The fraction of sp³-hybridized carbons (Fsp3) is 0.360. The van der Waals surface area contributed by atoms with Crippen LogP contribution in [0.5, 0.6) is 0 Å². The first-order chi connectivity index (χ1) is 17.2. The van der Waals surface area contributed by atoms with Gasteiger partial charge in [-0.3, -0.25) is 14.3 Å². The van der Waals surface area contributed by atoms with Gasteiger partial charge in [-0.25, -0.2) is 10.8 Å². The van der Waals surface area contributed by atoms with Crippen molar-refractivity contribution in [2.24, 2.45) is 5.84 Å². The number of nitrogen functional groups attached to an aromatic ring is 1. The zero-order valence-corrected chi connectivity index (χ0v) is 21.7. The Balaban J connectivity index is 1.46. The molecule has 0 radical (unpaired) electrons. The summed E-state index contributed by atoms with van der Waals surface area (Å²) in [6.45, 7) is 6.84. The summed E-state index contributed by atoms with van der Waals surface area (Å²) in [6, 6.07) is 8.26. The first-order valence-electron chi connectivity index (χ1n) is 11.8. The molecule has 11 heteroatoms. The topological polar surface area (TPSA) is 109 Å². The number of hydrogen-bond donors (Lipinski definition) is 2. The quantitative estimate of drug-likeness (QED) is 0.388. The minimum Gasteiger partial charge on any atom is -0.331 e. The number of amides is 2. The van der Waals surface area contributed by atoms with Crippen LogP contribution >= 0.6 is 23.2 Å². The van der Waals surface area contributed by atoms with Crippen molar-refractivity contribution in [2.45, 2.75) is 51.9 Å². The first kappa shape index (κ1) is 24.5. The molecule has 9 nitrogen and oxygen atoms in total. The van der Waals surface area contributed by atoms with E-state index in [0.29, 0.717) is 46.6 Å². The Labute approximate surface area is 219 Å². The molecule has 2 aliphatic rings. The number of carbonyl (C=O) groups is 2. The van der Waals surface area contributed by atoms with Gasteiger partial charge in [-0.1, -0.05) is 29.3 Å². The number of pyridine rings is 1. The van der Waals surface area contributed by atoms with Crippen molar-refractivity contribution in [3.63, 3.8) is 0 Å². The van der Waals surface area contributed by atoms with Crippen LogP contribution in [0.25, 0.3) is 0 Å². The minimum atomic E-state index is -0.199. The third-order valence-corrected chi connectivity index (χ3v) is 7.83. The molecule has 3 N–H and O–H groups in total. The number of hydrogen-bond acceptors (Lipinski definition) is 6. The minimum absolute atomic E-state index is 0.0155. The lowest BCUT2D eigenvalue weighted by atomic mass is 9.96. The highest BCUT2D eigenvalue weighted by atomic mass is 35.5. The van der Waals surface area contributed by atoms with Crippen LogP contribution in [-0.4, -0.2) is 49.0 Å². The van der Waals surface area contributed by atoms with Gasteiger partial charge >= 0.3 is 0 Å². The predicted octanol–water partition coefficient (Wildman–Crippen LogP) is 4.24. The number of fused-ring (bicyclic) bond motifs is 3. The molecule has 0 saturated heterocycles. The molecule has 0 spiro atoms. The molecule has 0 aliphatic carbocycles. The Hall–Kier alpha value is -3.14. The van der Waals surface area contributed by atoms with Gasteiger partial charge in [-0.05, 0) is 50.6 Å². The summed E-state index contributed by atoms with van der Waals surface area (Å²) in [7, 11) is 0. The Kier molecular flexibility index (Phi) is 6.40. The van der Waals surface area contributed by atoms with Gasteiger partial charge in [-0.15, -0.1) is 0 Å². The molecule has 3 aromatic rings. The van der Waals surface area contributed by atoms with Crippen molar-refractivity contribution >= 4 is 40.8 Å². The number of nitrogens with two attached hydrogens (primary N) is 1. The number of aromatic nitrogens is 3. The van der Waals surface area contributed by atoms with Gasteiger partial charge in [0, 0.05) is 36.3 Å². The second kappa shape index (κ2) is 9.38. The Bertz CT molecular complexity index is 1340. The number of anilines is 1. The second-order valence-corrected chi connectivity index (χ2v) is 10.3. The van der Waals surface area contributed by atoms with Crippen molar-refractivity contribution in [3.8, 4) is 0 Å². The zero-order chi connectivity index (χ0) is 25.7. The zero-order valence-electron chi connectivity index (χ0n) is 20.2. The molecule has 0 saturated carbocycles. The summed E-state index contributed by atoms with van der Waals surface area (Å²) < 4.78 is 1.83. The van der Waals surface area contributed by atoms with Crippen molar-refractivity contribution in [3.05, 3.63) is 74.7 Å². The van der Waals surface area contributed by atoms with E-state index in [1.807, 2.05) is 29.5 Å². The fourth-order valence-corrected chi connectivity index (χ4v) is 5.31. The van der Waals surface area contributed by atoms with Gasteiger partial charge in [-0.2, -0.15) is 5.10 Å². The normalized spacial score (nSPS) is 20.1. The summed E-state index contributed by atoms with van der Waals surface area (Å²) in [5, 5.41) is 5.53. The maximum Gasteiger partial charge on any atom is 0.273 e. The molecule has 5 rings (SSSR count). The van der Waals surface area contributed by atoms with Gasteiger partial charge in [0.15, 0.2) is 0 Å². The molecule has 4 heterocycles. The van der Waals surface area contributed by atoms with Gasteiger partial charge in [0.25, 0.3) is 11.8 Å². The average Bonchev–Trinajstić information content (AvgIpc) is 3.25. The SMILES string of the molecule is CC(c1ccc(NN)nc1)N1C[C@@H](C)n2nc3c(c2C1=O)CN(C(=O)c1ccc(Cl)c(Cl)c1)[C@H](C)C3. The molecule has 0 fully saturated rings. The smallest absolute Gasteiger partial charge is 0.273 e. The number of halogens is 2. The number of hydrazine groups is 1. The number of benzene rings is 1. The highest BCUT2D eigenvalue weighted by Crippen LogP contribution is 2.35. The summed E-state index contributed by atoms with van der Waals surface area (Å²) in [5.74, 6) is 5.72. The lowest BCUT2D eigenvalue weighted by Gasteiger charge is -2.37. The van der Waals surface area contributed by atoms with Crippen LogP contribution in [0.2, 0.25) is 10.0 Å². The molecule has 36 heavy (non-hydrogen) atoms. The monoisotopic (exact) mass is 527 g/mol. The third kappa shape index (κ3) is 4.11. The number of nitrogens with zero attached hydrogens (tertiary/aromatic N) is 5. The van der Waals surface area contributed by atoms with Crippen LogP contribution in [0.15, 0.2) is 36.5 Å². The Morgan fingerprint density at radius 2 is 1.94 bits per heavy atom. The molecule has 188 valence electrons. The second-order valence-electron chi connectivity index (χ2n) is 9.44. The largest absolute Gasteiger partial charge is 0.331 e. The van der Waals surface area contributed by atoms with Crippen LogP contribution in [0.4, 0.5) is 5.82 Å². The van der Waals surface area contributed by atoms with Crippen molar-refractivity contribution in [2.75, 3.05) is 12.0 Å². The highest BCUT2D eigenvalue weighted by molar-refractivity contribution is 6.42. The van der Waals surface area contributed by atoms with Gasteiger partial charge in [0.05, 0.1) is 34.4 Å². The average molecular weight is 528 g/mol. The fourth-order valence-electron chi connectivity index (χ4n) is 5.01. The van der Waals surface area contributed by atoms with Crippen molar-refractivity contribution in [1.82, 2.24) is 24.6 Å². The molecule has 2 aromatic heterocycles. The number of rotatable bonds is 4. The van der Waals surface area contributed by atoms with E-state index in [1.165, 1.54) is 0 Å². The van der Waals surface area contributed by atoms with E-state index in [9.17, 15) is 9.59 Å². The predicted molar refractivity (Wildman–Crippen MR) is 138 cm³/mol. The van der Waals surface area contributed by atoms with Gasteiger partial charge < -0.3 is 15.2 Å². The van der Waals surface area contributed by atoms with E-state index < -0.39 is 0 Å².